The first-order valence-corrected chi connectivity index (χ1v) is 9.99. The van der Waals surface area contributed by atoms with Crippen molar-refractivity contribution >= 4 is 5.96 Å². The Morgan fingerprint density at radius 3 is 2.54 bits per heavy atom. The minimum atomic E-state index is 0.367. The van der Waals surface area contributed by atoms with Gasteiger partial charge in [-0.2, -0.15) is 0 Å². The van der Waals surface area contributed by atoms with Crippen LogP contribution in [-0.4, -0.2) is 56.9 Å². The summed E-state index contributed by atoms with van der Waals surface area (Å²) in [6, 6.07) is 8.59. The molecule has 1 aromatic carbocycles. The molecule has 1 heterocycles. The summed E-state index contributed by atoms with van der Waals surface area (Å²) < 4.78 is 11.0. The number of aryl methyl sites for hydroxylation is 1. The summed E-state index contributed by atoms with van der Waals surface area (Å²) in [6.45, 7) is 9.51. The summed E-state index contributed by atoms with van der Waals surface area (Å²) >= 11 is 0. The lowest BCUT2D eigenvalue weighted by molar-refractivity contribution is 0.00990. The van der Waals surface area contributed by atoms with Crippen LogP contribution >= 0.6 is 0 Å². The lowest BCUT2D eigenvalue weighted by Crippen LogP contribution is -2.47. The Labute approximate surface area is 158 Å². The fraction of sp³-hybridized carbons (Fsp3) is 0.667. The molecule has 1 fully saturated rings. The Hall–Kier alpha value is -1.59. The van der Waals surface area contributed by atoms with Crippen LogP contribution in [0.2, 0.25) is 0 Å². The number of nitrogens with zero attached hydrogens (tertiary/aromatic N) is 2. The van der Waals surface area contributed by atoms with Crippen LogP contribution in [0.3, 0.4) is 0 Å². The average Bonchev–Trinajstić information content (AvgIpc) is 2.69. The number of rotatable bonds is 9. The zero-order chi connectivity index (χ0) is 18.6. The van der Waals surface area contributed by atoms with Gasteiger partial charge in [-0.3, -0.25) is 0 Å². The average molecular weight is 362 g/mol. The third-order valence-electron chi connectivity index (χ3n) is 4.82. The van der Waals surface area contributed by atoms with Gasteiger partial charge in [-0.15, -0.1) is 0 Å². The second-order valence-electron chi connectivity index (χ2n) is 6.70. The molecule has 1 aliphatic rings. The zero-order valence-electron chi connectivity index (χ0n) is 16.7. The predicted octanol–water partition coefficient (Wildman–Crippen LogP) is 3.23. The molecule has 26 heavy (non-hydrogen) atoms. The summed E-state index contributed by atoms with van der Waals surface area (Å²) in [7, 11) is 1.74. The van der Waals surface area contributed by atoms with E-state index in [1.807, 2.05) is 0 Å². The Bertz CT molecular complexity index is 540. The van der Waals surface area contributed by atoms with E-state index in [2.05, 4.69) is 48.3 Å². The predicted molar refractivity (Wildman–Crippen MR) is 108 cm³/mol. The number of nitrogens with one attached hydrogen (secondary N) is 1. The second-order valence-corrected chi connectivity index (χ2v) is 6.70. The van der Waals surface area contributed by atoms with Gasteiger partial charge in [0.2, 0.25) is 0 Å². The highest BCUT2D eigenvalue weighted by molar-refractivity contribution is 5.80. The first-order valence-electron chi connectivity index (χ1n) is 9.99. The zero-order valence-corrected chi connectivity index (χ0v) is 16.7. The van der Waals surface area contributed by atoms with Gasteiger partial charge in [-0.05, 0) is 43.7 Å². The molecule has 1 aromatic rings. The number of ether oxygens (including phenoxy) is 2. The summed E-state index contributed by atoms with van der Waals surface area (Å²) in [6.07, 6.45) is 4.50. The normalized spacial score (nSPS) is 16.1. The van der Waals surface area contributed by atoms with Crippen molar-refractivity contribution in [2.24, 2.45) is 4.99 Å². The van der Waals surface area contributed by atoms with E-state index in [9.17, 15) is 0 Å². The van der Waals surface area contributed by atoms with Gasteiger partial charge in [-0.1, -0.05) is 31.2 Å². The number of benzene rings is 1. The van der Waals surface area contributed by atoms with Gasteiger partial charge in [0.05, 0.1) is 12.6 Å². The van der Waals surface area contributed by atoms with E-state index in [4.69, 9.17) is 14.5 Å². The molecule has 0 atom stereocenters. The molecule has 1 N–H and O–H groups in total. The lowest BCUT2D eigenvalue weighted by Gasteiger charge is -2.34. The van der Waals surface area contributed by atoms with E-state index in [0.29, 0.717) is 6.10 Å². The second kappa shape index (κ2) is 11.9. The summed E-state index contributed by atoms with van der Waals surface area (Å²) in [5.41, 5.74) is 2.71. The molecule has 0 bridgehead atoms. The number of aliphatic imine (C=N–C) groups is 1. The SMILES string of the molecule is CCNC(=NCc1ccccc1CC)N1CCC(OCCCOC)CC1. The highest BCUT2D eigenvalue weighted by Gasteiger charge is 2.21. The first-order chi connectivity index (χ1) is 12.8. The number of methoxy groups -OCH3 is 1. The Kier molecular flexibility index (Phi) is 9.50. The van der Waals surface area contributed by atoms with Crippen molar-refractivity contribution in [3.05, 3.63) is 35.4 Å². The van der Waals surface area contributed by atoms with Crippen molar-refractivity contribution in [1.29, 1.82) is 0 Å². The van der Waals surface area contributed by atoms with E-state index < -0.39 is 0 Å². The standard InChI is InChI=1S/C21H35N3O2/c1-4-18-9-6-7-10-19(18)17-23-21(22-5-2)24-13-11-20(12-14-24)26-16-8-15-25-3/h6-7,9-10,20H,4-5,8,11-17H2,1-3H3,(H,22,23). The Morgan fingerprint density at radius 2 is 1.88 bits per heavy atom. The van der Waals surface area contributed by atoms with Gasteiger partial charge in [0, 0.05) is 40.0 Å². The van der Waals surface area contributed by atoms with Gasteiger partial charge >= 0.3 is 0 Å². The molecule has 1 saturated heterocycles. The first kappa shape index (κ1) is 20.7. The number of guanidine groups is 1. The quantitative estimate of drug-likeness (QED) is 0.417. The van der Waals surface area contributed by atoms with Crippen molar-refractivity contribution in [1.82, 2.24) is 10.2 Å². The van der Waals surface area contributed by atoms with Crippen molar-refractivity contribution < 1.29 is 9.47 Å². The Morgan fingerprint density at radius 1 is 1.15 bits per heavy atom. The van der Waals surface area contributed by atoms with E-state index in [0.717, 1.165) is 71.0 Å². The van der Waals surface area contributed by atoms with E-state index in [-0.39, 0.29) is 0 Å². The molecule has 2 rings (SSSR count). The minimum absolute atomic E-state index is 0.367. The van der Waals surface area contributed by atoms with Gasteiger partial charge in [0.15, 0.2) is 5.96 Å². The fourth-order valence-corrected chi connectivity index (χ4v) is 3.33. The third-order valence-corrected chi connectivity index (χ3v) is 4.82. The Balaban J connectivity index is 1.87. The highest BCUT2D eigenvalue weighted by atomic mass is 16.5. The van der Waals surface area contributed by atoms with Crippen LogP contribution in [0.5, 0.6) is 0 Å². The molecule has 1 aliphatic heterocycles. The lowest BCUT2D eigenvalue weighted by atomic mass is 10.1. The summed E-state index contributed by atoms with van der Waals surface area (Å²) in [5.74, 6) is 1.02. The molecular formula is C21H35N3O2. The van der Waals surface area contributed by atoms with E-state index in [1.165, 1.54) is 11.1 Å². The molecule has 0 spiro atoms. The largest absolute Gasteiger partial charge is 0.385 e. The fourth-order valence-electron chi connectivity index (χ4n) is 3.33. The van der Waals surface area contributed by atoms with Crippen LogP contribution in [0.15, 0.2) is 29.3 Å². The van der Waals surface area contributed by atoms with E-state index in [1.54, 1.807) is 7.11 Å². The van der Waals surface area contributed by atoms with Crippen molar-refractivity contribution in [2.75, 3.05) is 40.0 Å². The maximum Gasteiger partial charge on any atom is 0.194 e. The van der Waals surface area contributed by atoms with Crippen LogP contribution in [-0.2, 0) is 22.4 Å². The summed E-state index contributed by atoms with van der Waals surface area (Å²) in [5, 5.41) is 3.45. The highest BCUT2D eigenvalue weighted by Crippen LogP contribution is 2.15. The monoisotopic (exact) mass is 361 g/mol. The maximum atomic E-state index is 5.97. The van der Waals surface area contributed by atoms with E-state index >= 15 is 0 Å². The van der Waals surface area contributed by atoms with Gasteiger partial charge in [-0.25, -0.2) is 4.99 Å². The van der Waals surface area contributed by atoms with Crippen LogP contribution in [0.25, 0.3) is 0 Å². The molecule has 146 valence electrons. The van der Waals surface area contributed by atoms with Crippen molar-refractivity contribution in [3.63, 3.8) is 0 Å². The molecule has 0 unspecified atom stereocenters. The van der Waals surface area contributed by atoms with Crippen molar-refractivity contribution in [2.45, 2.75) is 52.2 Å². The molecule has 0 aliphatic carbocycles. The van der Waals surface area contributed by atoms with Crippen molar-refractivity contribution in [3.8, 4) is 0 Å². The topological polar surface area (TPSA) is 46.1 Å². The van der Waals surface area contributed by atoms with Gasteiger partial charge < -0.3 is 19.7 Å². The number of piperidine rings is 1. The van der Waals surface area contributed by atoms with Crippen LogP contribution < -0.4 is 5.32 Å². The number of hydrogen-bond acceptors (Lipinski definition) is 3. The molecule has 0 radical (unpaired) electrons. The van der Waals surface area contributed by atoms with Crippen LogP contribution in [0, 0.1) is 0 Å². The molecule has 0 aromatic heterocycles. The summed E-state index contributed by atoms with van der Waals surface area (Å²) in [4.78, 5) is 7.27. The van der Waals surface area contributed by atoms with Gasteiger partial charge in [0.1, 0.15) is 0 Å². The molecular weight excluding hydrogens is 326 g/mol. The minimum Gasteiger partial charge on any atom is -0.385 e. The van der Waals surface area contributed by atoms with Crippen LogP contribution in [0.4, 0.5) is 0 Å². The smallest absolute Gasteiger partial charge is 0.194 e. The number of hydrogen-bond donors (Lipinski definition) is 1. The molecule has 5 nitrogen and oxygen atoms in total. The number of likely N-dealkylation sites (tertiary alicyclic amines) is 1. The maximum absolute atomic E-state index is 5.97. The van der Waals surface area contributed by atoms with Gasteiger partial charge in [0.25, 0.3) is 0 Å². The molecule has 0 amide bonds. The van der Waals surface area contributed by atoms with Crippen LogP contribution in [0.1, 0.15) is 44.2 Å². The molecule has 5 heteroatoms. The third kappa shape index (κ3) is 6.61. The molecule has 0 saturated carbocycles.